The third-order valence-electron chi connectivity index (χ3n) is 2.24. The average Bonchev–Trinajstić information content (AvgIpc) is 2.28. The summed E-state index contributed by atoms with van der Waals surface area (Å²) in [6.45, 7) is 0. The van der Waals surface area contributed by atoms with Gasteiger partial charge in [0.05, 0.1) is 5.56 Å². The molecule has 0 aliphatic rings. The summed E-state index contributed by atoms with van der Waals surface area (Å²) in [4.78, 5) is 15.7. The minimum absolute atomic E-state index is 0.0765. The number of rotatable bonds is 2. The number of pyridine rings is 1. The fraction of sp³-hybridized carbons (Fsp3) is 0. The molecule has 2 aromatic rings. The smallest absolute Gasteiger partial charge is 0.257 e. The molecule has 1 aromatic heterocycles. The third kappa shape index (κ3) is 2.75. The van der Waals surface area contributed by atoms with Crippen molar-refractivity contribution >= 4 is 28.9 Å². The number of halogens is 2. The van der Waals surface area contributed by atoms with Crippen molar-refractivity contribution in [3.63, 3.8) is 0 Å². The molecular weight excluding hydrogens is 257 g/mol. The van der Waals surface area contributed by atoms with E-state index >= 15 is 0 Å². The maximum Gasteiger partial charge on any atom is 0.257 e. The van der Waals surface area contributed by atoms with Crippen molar-refractivity contribution in [3.05, 3.63) is 53.1 Å². The lowest BCUT2D eigenvalue weighted by Gasteiger charge is -2.07. The summed E-state index contributed by atoms with van der Waals surface area (Å²) in [6.07, 6.45) is 1.46. The van der Waals surface area contributed by atoms with Crippen LogP contribution in [0.1, 0.15) is 10.4 Å². The number of anilines is 2. The van der Waals surface area contributed by atoms with Gasteiger partial charge < -0.3 is 11.1 Å². The van der Waals surface area contributed by atoms with Gasteiger partial charge in [-0.25, -0.2) is 9.37 Å². The van der Waals surface area contributed by atoms with Gasteiger partial charge in [-0.15, -0.1) is 0 Å². The van der Waals surface area contributed by atoms with Gasteiger partial charge in [-0.2, -0.15) is 0 Å². The topological polar surface area (TPSA) is 68.0 Å². The van der Waals surface area contributed by atoms with E-state index in [1.54, 1.807) is 6.07 Å². The predicted molar refractivity (Wildman–Crippen MR) is 68.0 cm³/mol. The number of carbonyl (C=O) groups is 1. The second-order valence-corrected chi connectivity index (χ2v) is 3.94. The molecular formula is C12H9ClFN3O. The van der Waals surface area contributed by atoms with E-state index in [2.05, 4.69) is 10.3 Å². The molecule has 92 valence electrons. The Morgan fingerprint density at radius 3 is 2.78 bits per heavy atom. The van der Waals surface area contributed by atoms with E-state index in [4.69, 9.17) is 17.3 Å². The first kappa shape index (κ1) is 12.3. The van der Waals surface area contributed by atoms with E-state index in [0.29, 0.717) is 5.69 Å². The highest BCUT2D eigenvalue weighted by Gasteiger charge is 2.10. The van der Waals surface area contributed by atoms with Gasteiger partial charge in [-0.05, 0) is 30.3 Å². The summed E-state index contributed by atoms with van der Waals surface area (Å²) in [5.41, 5.74) is 6.33. The van der Waals surface area contributed by atoms with Crippen LogP contribution in [-0.2, 0) is 0 Å². The van der Waals surface area contributed by atoms with Gasteiger partial charge in [0.1, 0.15) is 11.0 Å². The number of carbonyl (C=O) groups excluding carboxylic acids is 1. The second-order valence-electron chi connectivity index (χ2n) is 3.55. The molecule has 6 heteroatoms. The van der Waals surface area contributed by atoms with Crippen molar-refractivity contribution in [2.75, 3.05) is 11.1 Å². The Hall–Kier alpha value is -2.14. The van der Waals surface area contributed by atoms with Crippen LogP contribution in [0.5, 0.6) is 0 Å². The van der Waals surface area contributed by atoms with Crippen LogP contribution in [0.15, 0.2) is 36.5 Å². The summed E-state index contributed by atoms with van der Waals surface area (Å²) in [6, 6.07) is 6.67. The molecule has 3 N–H and O–H groups in total. The highest BCUT2D eigenvalue weighted by atomic mass is 35.5. The molecule has 0 aliphatic carbocycles. The summed E-state index contributed by atoms with van der Waals surface area (Å²) in [5, 5.41) is 2.86. The van der Waals surface area contributed by atoms with Gasteiger partial charge in [-0.3, -0.25) is 4.79 Å². The monoisotopic (exact) mass is 265 g/mol. The first-order valence-corrected chi connectivity index (χ1v) is 5.42. The van der Waals surface area contributed by atoms with Crippen molar-refractivity contribution < 1.29 is 9.18 Å². The SMILES string of the molecule is Nc1cc(F)ccc1C(=O)Nc1ccnc(Cl)c1. The minimum atomic E-state index is -0.490. The largest absolute Gasteiger partial charge is 0.398 e. The van der Waals surface area contributed by atoms with Gasteiger partial charge in [0.25, 0.3) is 5.91 Å². The molecule has 18 heavy (non-hydrogen) atoms. The summed E-state index contributed by atoms with van der Waals surface area (Å²) < 4.78 is 12.9. The van der Waals surface area contributed by atoms with Gasteiger partial charge in [-0.1, -0.05) is 11.6 Å². The predicted octanol–water partition coefficient (Wildman–Crippen LogP) is 2.71. The van der Waals surface area contributed by atoms with Crippen LogP contribution < -0.4 is 11.1 Å². The van der Waals surface area contributed by atoms with E-state index in [-0.39, 0.29) is 16.4 Å². The number of benzene rings is 1. The van der Waals surface area contributed by atoms with E-state index in [0.717, 1.165) is 6.07 Å². The maximum absolute atomic E-state index is 12.9. The van der Waals surface area contributed by atoms with E-state index < -0.39 is 11.7 Å². The fourth-order valence-corrected chi connectivity index (χ4v) is 1.59. The number of amides is 1. The number of nitrogens with zero attached hydrogens (tertiary/aromatic N) is 1. The van der Waals surface area contributed by atoms with Crippen LogP contribution in [0.4, 0.5) is 15.8 Å². The number of hydrogen-bond acceptors (Lipinski definition) is 3. The second kappa shape index (κ2) is 5.01. The standard InChI is InChI=1S/C12H9ClFN3O/c13-11-6-8(3-4-16-11)17-12(18)9-2-1-7(14)5-10(9)15/h1-6H,15H2,(H,16,17,18). The molecule has 0 atom stereocenters. The minimum Gasteiger partial charge on any atom is -0.398 e. The Bertz CT molecular complexity index is 604. The highest BCUT2D eigenvalue weighted by molar-refractivity contribution is 6.29. The Labute approximate surface area is 108 Å². The number of nitrogen functional groups attached to an aromatic ring is 1. The van der Waals surface area contributed by atoms with Crippen molar-refractivity contribution in [3.8, 4) is 0 Å². The molecule has 1 amide bonds. The van der Waals surface area contributed by atoms with E-state index in [1.807, 2.05) is 0 Å². The third-order valence-corrected chi connectivity index (χ3v) is 2.45. The number of nitrogens with two attached hydrogens (primary N) is 1. The molecule has 0 bridgehead atoms. The van der Waals surface area contributed by atoms with Gasteiger partial charge in [0, 0.05) is 17.6 Å². The molecule has 0 saturated carbocycles. The molecule has 0 saturated heterocycles. The van der Waals surface area contributed by atoms with Crippen LogP contribution in [0.25, 0.3) is 0 Å². The average molecular weight is 266 g/mol. The van der Waals surface area contributed by atoms with Crippen molar-refractivity contribution in [1.29, 1.82) is 0 Å². The van der Waals surface area contributed by atoms with Crippen LogP contribution >= 0.6 is 11.6 Å². The van der Waals surface area contributed by atoms with Crippen molar-refractivity contribution in [2.45, 2.75) is 0 Å². The van der Waals surface area contributed by atoms with E-state index in [1.165, 1.54) is 24.4 Å². The number of nitrogens with one attached hydrogen (secondary N) is 1. The number of aromatic nitrogens is 1. The zero-order valence-corrected chi connectivity index (χ0v) is 9.91. The molecule has 1 heterocycles. The first-order chi connectivity index (χ1) is 8.56. The Kier molecular flexibility index (Phi) is 3.43. The van der Waals surface area contributed by atoms with Crippen LogP contribution in [0.3, 0.4) is 0 Å². The van der Waals surface area contributed by atoms with Crippen molar-refractivity contribution in [1.82, 2.24) is 4.98 Å². The first-order valence-electron chi connectivity index (χ1n) is 5.04. The Morgan fingerprint density at radius 1 is 1.33 bits per heavy atom. The van der Waals surface area contributed by atoms with Gasteiger partial charge in [0.15, 0.2) is 0 Å². The Balaban J connectivity index is 2.22. The number of hydrogen-bond donors (Lipinski definition) is 2. The Morgan fingerprint density at radius 2 is 2.11 bits per heavy atom. The lowest BCUT2D eigenvalue weighted by Crippen LogP contribution is -2.14. The molecule has 0 aliphatic heterocycles. The quantitative estimate of drug-likeness (QED) is 0.648. The van der Waals surface area contributed by atoms with Gasteiger partial charge >= 0.3 is 0 Å². The molecule has 4 nitrogen and oxygen atoms in total. The molecule has 0 radical (unpaired) electrons. The molecule has 0 fully saturated rings. The molecule has 2 rings (SSSR count). The highest BCUT2D eigenvalue weighted by Crippen LogP contribution is 2.17. The summed E-state index contributed by atoms with van der Waals surface area (Å²) in [5.74, 6) is -0.925. The molecule has 0 spiro atoms. The zero-order valence-electron chi connectivity index (χ0n) is 9.15. The van der Waals surface area contributed by atoms with Crippen LogP contribution in [0, 0.1) is 5.82 Å². The zero-order chi connectivity index (χ0) is 13.1. The van der Waals surface area contributed by atoms with Crippen LogP contribution in [0.2, 0.25) is 5.15 Å². The maximum atomic E-state index is 12.9. The normalized spacial score (nSPS) is 10.1. The van der Waals surface area contributed by atoms with Crippen LogP contribution in [-0.4, -0.2) is 10.9 Å². The lowest BCUT2D eigenvalue weighted by molar-refractivity contribution is 0.102. The molecule has 0 unspecified atom stereocenters. The summed E-state index contributed by atoms with van der Waals surface area (Å²) >= 11 is 5.69. The van der Waals surface area contributed by atoms with Crippen molar-refractivity contribution in [2.24, 2.45) is 0 Å². The lowest BCUT2D eigenvalue weighted by atomic mass is 10.1. The van der Waals surface area contributed by atoms with Gasteiger partial charge in [0.2, 0.25) is 0 Å². The fourth-order valence-electron chi connectivity index (χ4n) is 1.42. The summed E-state index contributed by atoms with van der Waals surface area (Å²) in [7, 11) is 0. The molecule has 1 aromatic carbocycles. The van der Waals surface area contributed by atoms with E-state index in [9.17, 15) is 9.18 Å².